The predicted molar refractivity (Wildman–Crippen MR) is 80.9 cm³/mol. The molecule has 5 heteroatoms. The van der Waals surface area contributed by atoms with Crippen LogP contribution in [0.1, 0.15) is 22.5 Å². The number of hydrogen-bond donors (Lipinski definition) is 1. The van der Waals surface area contributed by atoms with Gasteiger partial charge in [0.1, 0.15) is 16.6 Å². The summed E-state index contributed by atoms with van der Waals surface area (Å²) in [7, 11) is 1.99. The van der Waals surface area contributed by atoms with Gasteiger partial charge in [-0.3, -0.25) is 4.90 Å². The SMILES string of the molecule is Cc1occc1CN(C)Cc1ccc(F)cc1C(N)=S. The van der Waals surface area contributed by atoms with Crippen LogP contribution in [0.4, 0.5) is 4.39 Å². The molecule has 0 aliphatic heterocycles. The molecule has 0 spiro atoms. The van der Waals surface area contributed by atoms with Gasteiger partial charge in [0.25, 0.3) is 0 Å². The fourth-order valence-corrected chi connectivity index (χ4v) is 2.32. The monoisotopic (exact) mass is 292 g/mol. The summed E-state index contributed by atoms with van der Waals surface area (Å²) in [6.07, 6.45) is 1.68. The van der Waals surface area contributed by atoms with Crippen molar-refractivity contribution in [3.05, 3.63) is 58.8 Å². The topological polar surface area (TPSA) is 42.4 Å². The molecule has 0 saturated carbocycles. The first kappa shape index (κ1) is 14.7. The van der Waals surface area contributed by atoms with E-state index in [1.165, 1.54) is 12.1 Å². The van der Waals surface area contributed by atoms with Crippen LogP contribution < -0.4 is 5.73 Å². The zero-order valence-electron chi connectivity index (χ0n) is 11.5. The zero-order valence-corrected chi connectivity index (χ0v) is 12.3. The van der Waals surface area contributed by atoms with Crippen LogP contribution in [-0.2, 0) is 13.1 Å². The Balaban J connectivity index is 2.13. The van der Waals surface area contributed by atoms with Crippen LogP contribution in [0.2, 0.25) is 0 Å². The second-order valence-corrected chi connectivity index (χ2v) is 5.28. The van der Waals surface area contributed by atoms with Crippen LogP contribution in [-0.4, -0.2) is 16.9 Å². The maximum absolute atomic E-state index is 13.3. The molecule has 1 aromatic heterocycles. The summed E-state index contributed by atoms with van der Waals surface area (Å²) in [5, 5.41) is 0. The first-order valence-electron chi connectivity index (χ1n) is 6.27. The molecule has 0 aliphatic rings. The van der Waals surface area contributed by atoms with E-state index in [0.717, 1.165) is 23.4 Å². The van der Waals surface area contributed by atoms with Crippen molar-refractivity contribution in [2.75, 3.05) is 7.05 Å². The average molecular weight is 292 g/mol. The summed E-state index contributed by atoms with van der Waals surface area (Å²) in [6.45, 7) is 3.32. The smallest absolute Gasteiger partial charge is 0.123 e. The summed E-state index contributed by atoms with van der Waals surface area (Å²) in [4.78, 5) is 2.32. The second kappa shape index (κ2) is 6.15. The Morgan fingerprint density at radius 3 is 2.60 bits per heavy atom. The van der Waals surface area contributed by atoms with E-state index in [9.17, 15) is 4.39 Å². The lowest BCUT2D eigenvalue weighted by Gasteiger charge is -2.18. The quantitative estimate of drug-likeness (QED) is 0.860. The normalized spacial score (nSPS) is 11.0. The third-order valence-electron chi connectivity index (χ3n) is 3.18. The molecule has 0 atom stereocenters. The van der Waals surface area contributed by atoms with Gasteiger partial charge in [0.2, 0.25) is 0 Å². The van der Waals surface area contributed by atoms with E-state index in [1.807, 2.05) is 20.0 Å². The highest BCUT2D eigenvalue weighted by molar-refractivity contribution is 7.80. The third kappa shape index (κ3) is 3.43. The van der Waals surface area contributed by atoms with E-state index in [4.69, 9.17) is 22.4 Å². The lowest BCUT2D eigenvalue weighted by molar-refractivity contribution is 0.316. The summed E-state index contributed by atoms with van der Waals surface area (Å²) >= 11 is 4.98. The van der Waals surface area contributed by atoms with Crippen molar-refractivity contribution in [1.82, 2.24) is 4.90 Å². The van der Waals surface area contributed by atoms with Crippen LogP contribution in [0.15, 0.2) is 34.9 Å². The lowest BCUT2D eigenvalue weighted by Crippen LogP contribution is -2.21. The first-order valence-corrected chi connectivity index (χ1v) is 6.68. The first-order chi connectivity index (χ1) is 9.47. The zero-order chi connectivity index (χ0) is 14.7. The number of furan rings is 1. The molecule has 0 amide bonds. The van der Waals surface area contributed by atoms with Crippen molar-refractivity contribution in [1.29, 1.82) is 0 Å². The predicted octanol–water partition coefficient (Wildman–Crippen LogP) is 2.99. The number of aryl methyl sites for hydroxylation is 1. The van der Waals surface area contributed by atoms with E-state index in [0.29, 0.717) is 12.1 Å². The van der Waals surface area contributed by atoms with E-state index in [2.05, 4.69) is 4.90 Å². The molecule has 2 N–H and O–H groups in total. The number of nitrogens with zero attached hydrogens (tertiary/aromatic N) is 1. The van der Waals surface area contributed by atoms with E-state index in [1.54, 1.807) is 12.3 Å². The fourth-order valence-electron chi connectivity index (χ4n) is 2.13. The largest absolute Gasteiger partial charge is 0.469 e. The van der Waals surface area contributed by atoms with Gasteiger partial charge in [-0.25, -0.2) is 4.39 Å². The maximum Gasteiger partial charge on any atom is 0.123 e. The van der Waals surface area contributed by atoms with Crippen LogP contribution in [0, 0.1) is 12.7 Å². The Hall–Kier alpha value is -1.72. The Labute approximate surface area is 123 Å². The van der Waals surface area contributed by atoms with E-state index < -0.39 is 0 Å². The van der Waals surface area contributed by atoms with Crippen molar-refractivity contribution in [2.24, 2.45) is 5.73 Å². The summed E-state index contributed by atoms with van der Waals surface area (Å²) in [5.74, 6) is 0.579. The van der Waals surface area contributed by atoms with E-state index in [-0.39, 0.29) is 10.8 Å². The standard InChI is InChI=1S/C15H17FN2OS/c1-10-11(5-6-19-10)8-18(2)9-12-3-4-13(16)7-14(12)15(17)20/h3-7H,8-9H2,1-2H3,(H2,17,20). The molecule has 0 fully saturated rings. The van der Waals surface area contributed by atoms with Gasteiger partial charge >= 0.3 is 0 Å². The van der Waals surface area contributed by atoms with Gasteiger partial charge in [0.05, 0.1) is 6.26 Å². The minimum Gasteiger partial charge on any atom is -0.469 e. The minimum atomic E-state index is -0.329. The van der Waals surface area contributed by atoms with Crippen molar-refractivity contribution in [2.45, 2.75) is 20.0 Å². The Morgan fingerprint density at radius 1 is 1.30 bits per heavy atom. The molecule has 0 saturated heterocycles. The molecule has 2 rings (SSSR count). The van der Waals surface area contributed by atoms with Crippen molar-refractivity contribution >= 4 is 17.2 Å². The molecule has 0 radical (unpaired) electrons. The van der Waals surface area contributed by atoms with Crippen LogP contribution >= 0.6 is 12.2 Å². The fraction of sp³-hybridized carbons (Fsp3) is 0.267. The molecule has 1 heterocycles. The summed E-state index contributed by atoms with van der Waals surface area (Å²) < 4.78 is 18.5. The highest BCUT2D eigenvalue weighted by atomic mass is 32.1. The Kier molecular flexibility index (Phi) is 4.52. The van der Waals surface area contributed by atoms with Crippen LogP contribution in [0.3, 0.4) is 0 Å². The minimum absolute atomic E-state index is 0.215. The molecule has 106 valence electrons. The van der Waals surface area contributed by atoms with Crippen molar-refractivity contribution in [3.8, 4) is 0 Å². The third-order valence-corrected chi connectivity index (χ3v) is 3.40. The number of benzene rings is 1. The molecule has 2 aromatic rings. The molecule has 1 aromatic carbocycles. The van der Waals surface area contributed by atoms with Gasteiger partial charge in [0.15, 0.2) is 0 Å². The van der Waals surface area contributed by atoms with Gasteiger partial charge in [-0.1, -0.05) is 18.3 Å². The van der Waals surface area contributed by atoms with Crippen LogP contribution in [0.5, 0.6) is 0 Å². The molecule has 0 bridgehead atoms. The molecule has 0 aliphatic carbocycles. The molecule has 20 heavy (non-hydrogen) atoms. The van der Waals surface area contributed by atoms with Gasteiger partial charge in [0, 0.05) is 24.2 Å². The highest BCUT2D eigenvalue weighted by Crippen LogP contribution is 2.16. The Morgan fingerprint density at radius 2 is 2.00 bits per heavy atom. The van der Waals surface area contributed by atoms with Gasteiger partial charge in [-0.05, 0) is 37.7 Å². The number of halogens is 1. The molecular weight excluding hydrogens is 275 g/mol. The Bertz CT molecular complexity index is 624. The van der Waals surface area contributed by atoms with Gasteiger partial charge in [-0.15, -0.1) is 0 Å². The van der Waals surface area contributed by atoms with Crippen molar-refractivity contribution in [3.63, 3.8) is 0 Å². The van der Waals surface area contributed by atoms with Crippen LogP contribution in [0.25, 0.3) is 0 Å². The summed E-state index contributed by atoms with van der Waals surface area (Å²) in [6, 6.07) is 6.48. The number of hydrogen-bond acceptors (Lipinski definition) is 3. The maximum atomic E-state index is 13.3. The average Bonchev–Trinajstić information content (AvgIpc) is 2.77. The highest BCUT2D eigenvalue weighted by Gasteiger charge is 2.11. The van der Waals surface area contributed by atoms with Gasteiger partial charge < -0.3 is 10.2 Å². The van der Waals surface area contributed by atoms with E-state index >= 15 is 0 Å². The number of nitrogens with two attached hydrogens (primary N) is 1. The number of rotatable bonds is 5. The lowest BCUT2D eigenvalue weighted by atomic mass is 10.1. The number of thiocarbonyl (C=S) groups is 1. The van der Waals surface area contributed by atoms with Gasteiger partial charge in [-0.2, -0.15) is 0 Å². The van der Waals surface area contributed by atoms with Crippen molar-refractivity contribution < 1.29 is 8.81 Å². The molecular formula is C15H17FN2OS. The molecule has 0 unspecified atom stereocenters. The summed E-state index contributed by atoms with van der Waals surface area (Å²) in [5.41, 5.74) is 8.29. The molecule has 3 nitrogen and oxygen atoms in total. The second-order valence-electron chi connectivity index (χ2n) is 4.84.